The van der Waals surface area contributed by atoms with E-state index < -0.39 is 0 Å². The Morgan fingerprint density at radius 3 is 2.57 bits per heavy atom. The molecular weight excluding hydrogens is 352 g/mol. The van der Waals surface area contributed by atoms with Crippen molar-refractivity contribution in [2.75, 3.05) is 11.4 Å². The van der Waals surface area contributed by atoms with E-state index in [0.717, 1.165) is 29.1 Å². The van der Waals surface area contributed by atoms with Crippen LogP contribution in [0.1, 0.15) is 37.7 Å². The minimum absolute atomic E-state index is 0.0719. The molecule has 1 fully saturated rings. The Morgan fingerprint density at radius 1 is 1.07 bits per heavy atom. The number of benzene rings is 2. The van der Waals surface area contributed by atoms with E-state index in [1.807, 2.05) is 49.4 Å². The first-order valence-electron chi connectivity index (χ1n) is 9.80. The number of fused-ring (bicyclic) bond motifs is 3. The van der Waals surface area contributed by atoms with Crippen molar-refractivity contribution >= 4 is 17.5 Å². The minimum Gasteiger partial charge on any atom is -0.468 e. The number of imide groups is 1. The Kier molecular flexibility index (Phi) is 3.97. The van der Waals surface area contributed by atoms with Crippen LogP contribution in [0.4, 0.5) is 5.69 Å². The van der Waals surface area contributed by atoms with Gasteiger partial charge in [0, 0.05) is 36.6 Å². The first-order valence-corrected chi connectivity index (χ1v) is 9.80. The molecule has 0 aromatic heterocycles. The molecule has 3 aliphatic heterocycles. The maximum Gasteiger partial charge on any atom is 0.258 e. The molecule has 0 bridgehead atoms. The molecule has 1 saturated heterocycles. The van der Waals surface area contributed by atoms with Gasteiger partial charge in [0.1, 0.15) is 5.75 Å². The molecule has 5 heteroatoms. The molecule has 3 aliphatic rings. The van der Waals surface area contributed by atoms with Crippen LogP contribution < -0.4 is 9.64 Å². The predicted octanol–water partition coefficient (Wildman–Crippen LogP) is 3.82. The maximum atomic E-state index is 13.5. The zero-order chi connectivity index (χ0) is 19.3. The van der Waals surface area contributed by atoms with Gasteiger partial charge in [0.15, 0.2) is 6.23 Å². The lowest BCUT2D eigenvalue weighted by Crippen LogP contribution is -2.44. The van der Waals surface area contributed by atoms with Crippen LogP contribution in [0.3, 0.4) is 0 Å². The van der Waals surface area contributed by atoms with Crippen molar-refractivity contribution in [2.45, 2.75) is 38.3 Å². The second-order valence-corrected chi connectivity index (χ2v) is 7.56. The van der Waals surface area contributed by atoms with E-state index in [0.29, 0.717) is 25.0 Å². The van der Waals surface area contributed by atoms with Gasteiger partial charge in [-0.2, -0.15) is 0 Å². The summed E-state index contributed by atoms with van der Waals surface area (Å²) in [5.74, 6) is 0.510. The second-order valence-electron chi connectivity index (χ2n) is 7.56. The summed E-state index contributed by atoms with van der Waals surface area (Å²) in [5.41, 5.74) is 3.64. The van der Waals surface area contributed by atoms with Gasteiger partial charge in [-0.3, -0.25) is 14.5 Å². The Bertz CT molecular complexity index is 982. The normalized spacial score (nSPS) is 23.5. The number of allylic oxidation sites excluding steroid dienone is 1. The van der Waals surface area contributed by atoms with Gasteiger partial charge in [0.05, 0.1) is 5.69 Å². The third-order valence-electron chi connectivity index (χ3n) is 5.96. The van der Waals surface area contributed by atoms with Crippen LogP contribution in [0.2, 0.25) is 0 Å². The van der Waals surface area contributed by atoms with E-state index in [4.69, 9.17) is 4.74 Å². The summed E-state index contributed by atoms with van der Waals surface area (Å²) in [4.78, 5) is 29.3. The SMILES string of the molecule is CC1=C(C(=O)N2CCCC2=O)[C@H](c2ccccc2)CC2Oc3ccccc3N12. The number of nitrogens with zero attached hydrogens (tertiary/aromatic N) is 2. The number of rotatable bonds is 2. The van der Waals surface area contributed by atoms with Gasteiger partial charge in [-0.15, -0.1) is 0 Å². The lowest BCUT2D eigenvalue weighted by Gasteiger charge is -2.38. The molecule has 142 valence electrons. The van der Waals surface area contributed by atoms with Gasteiger partial charge in [-0.25, -0.2) is 0 Å². The average molecular weight is 374 g/mol. The molecule has 0 saturated carbocycles. The second kappa shape index (κ2) is 6.51. The number of ether oxygens (including phenoxy) is 1. The van der Waals surface area contributed by atoms with E-state index in [1.54, 1.807) is 0 Å². The smallest absolute Gasteiger partial charge is 0.258 e. The summed E-state index contributed by atoms with van der Waals surface area (Å²) >= 11 is 0. The average Bonchev–Trinajstić information content (AvgIpc) is 3.31. The molecule has 5 nitrogen and oxygen atoms in total. The quantitative estimate of drug-likeness (QED) is 0.750. The Balaban J connectivity index is 1.64. The van der Waals surface area contributed by atoms with E-state index in [-0.39, 0.29) is 24.0 Å². The van der Waals surface area contributed by atoms with Gasteiger partial charge < -0.3 is 9.64 Å². The van der Waals surface area contributed by atoms with Crippen molar-refractivity contribution in [2.24, 2.45) is 0 Å². The summed E-state index contributed by atoms with van der Waals surface area (Å²) in [6, 6.07) is 18.0. The molecular formula is C23H22N2O3. The zero-order valence-corrected chi connectivity index (χ0v) is 15.8. The van der Waals surface area contributed by atoms with E-state index in [9.17, 15) is 9.59 Å². The number of anilines is 1. The predicted molar refractivity (Wildman–Crippen MR) is 106 cm³/mol. The zero-order valence-electron chi connectivity index (χ0n) is 15.8. The van der Waals surface area contributed by atoms with Crippen molar-refractivity contribution in [3.8, 4) is 5.75 Å². The van der Waals surface area contributed by atoms with Gasteiger partial charge in [-0.05, 0) is 31.0 Å². The molecule has 2 aromatic rings. The summed E-state index contributed by atoms with van der Waals surface area (Å²) in [7, 11) is 0. The molecule has 0 aliphatic carbocycles. The number of para-hydroxylation sites is 2. The van der Waals surface area contributed by atoms with Gasteiger partial charge in [0.2, 0.25) is 5.91 Å². The highest BCUT2D eigenvalue weighted by Gasteiger charge is 2.44. The molecule has 1 unspecified atom stereocenters. The lowest BCUT2D eigenvalue weighted by molar-refractivity contribution is -0.139. The third kappa shape index (κ3) is 2.53. The summed E-state index contributed by atoms with van der Waals surface area (Å²) < 4.78 is 6.21. The molecule has 0 N–H and O–H groups in total. The molecule has 0 radical (unpaired) electrons. The van der Waals surface area contributed by atoms with Crippen LogP contribution in [0, 0.1) is 0 Å². The lowest BCUT2D eigenvalue weighted by atomic mass is 9.82. The van der Waals surface area contributed by atoms with E-state index in [1.165, 1.54) is 4.90 Å². The monoisotopic (exact) mass is 374 g/mol. The maximum absolute atomic E-state index is 13.5. The highest BCUT2D eigenvalue weighted by molar-refractivity contribution is 6.07. The Morgan fingerprint density at radius 2 is 1.82 bits per heavy atom. The van der Waals surface area contributed by atoms with Gasteiger partial charge >= 0.3 is 0 Å². The Labute approximate surface area is 164 Å². The number of likely N-dealkylation sites (tertiary alicyclic amines) is 1. The van der Waals surface area contributed by atoms with Gasteiger partial charge in [-0.1, -0.05) is 42.5 Å². The molecule has 2 aromatic carbocycles. The van der Waals surface area contributed by atoms with Crippen molar-refractivity contribution in [1.82, 2.24) is 4.90 Å². The standard InChI is InChI=1S/C23H22N2O3/c1-15-22(23(27)24-13-7-12-20(24)26)17(16-8-3-2-4-9-16)14-21-25(15)18-10-5-6-11-19(18)28-21/h2-6,8-11,17,21H,7,12-14H2,1H3/t17-,21?/m0/s1. The number of carbonyl (C=O) groups is 2. The topological polar surface area (TPSA) is 49.9 Å². The van der Waals surface area contributed by atoms with Crippen molar-refractivity contribution in [3.63, 3.8) is 0 Å². The largest absolute Gasteiger partial charge is 0.468 e. The highest BCUT2D eigenvalue weighted by atomic mass is 16.5. The first kappa shape index (κ1) is 17.0. The van der Waals surface area contributed by atoms with Crippen LogP contribution in [-0.4, -0.2) is 29.5 Å². The number of amides is 2. The number of hydrogen-bond donors (Lipinski definition) is 0. The van der Waals surface area contributed by atoms with Gasteiger partial charge in [0.25, 0.3) is 5.91 Å². The minimum atomic E-state index is -0.156. The molecule has 5 rings (SSSR count). The highest BCUT2D eigenvalue weighted by Crippen LogP contribution is 2.48. The summed E-state index contributed by atoms with van der Waals surface area (Å²) in [5, 5.41) is 0. The van der Waals surface area contributed by atoms with E-state index >= 15 is 0 Å². The fourth-order valence-corrected chi connectivity index (χ4v) is 4.66. The summed E-state index contributed by atoms with van der Waals surface area (Å²) in [6.45, 7) is 2.48. The molecule has 3 heterocycles. The van der Waals surface area contributed by atoms with Crippen molar-refractivity contribution in [3.05, 3.63) is 71.4 Å². The number of hydrogen-bond acceptors (Lipinski definition) is 4. The van der Waals surface area contributed by atoms with Crippen LogP contribution in [-0.2, 0) is 9.59 Å². The molecule has 28 heavy (non-hydrogen) atoms. The Hall–Kier alpha value is -3.08. The van der Waals surface area contributed by atoms with Crippen LogP contribution in [0.15, 0.2) is 65.9 Å². The molecule has 2 atom stereocenters. The molecule has 0 spiro atoms. The van der Waals surface area contributed by atoms with Crippen molar-refractivity contribution < 1.29 is 14.3 Å². The first-order chi connectivity index (χ1) is 13.6. The van der Waals surface area contributed by atoms with Crippen molar-refractivity contribution in [1.29, 1.82) is 0 Å². The third-order valence-corrected chi connectivity index (χ3v) is 5.96. The van der Waals surface area contributed by atoms with Crippen LogP contribution in [0.5, 0.6) is 5.75 Å². The van der Waals surface area contributed by atoms with Crippen LogP contribution >= 0.6 is 0 Å². The fourth-order valence-electron chi connectivity index (χ4n) is 4.66. The summed E-state index contributed by atoms with van der Waals surface area (Å²) in [6.07, 6.45) is 1.71. The van der Waals surface area contributed by atoms with E-state index in [2.05, 4.69) is 17.0 Å². The number of carbonyl (C=O) groups excluding carboxylic acids is 2. The molecule has 2 amide bonds. The van der Waals surface area contributed by atoms with Crippen LogP contribution in [0.25, 0.3) is 0 Å². The fraction of sp³-hybridized carbons (Fsp3) is 0.304.